The number of hydrogen-bond acceptors (Lipinski definition) is 1. The molecule has 0 aliphatic carbocycles. The lowest BCUT2D eigenvalue weighted by Gasteiger charge is -2.11. The highest BCUT2D eigenvalue weighted by molar-refractivity contribution is 9.13. The number of rotatable bonds is 3. The molecule has 0 fully saturated rings. The quantitative estimate of drug-likeness (QED) is 0.590. The molecule has 0 spiro atoms. The van der Waals surface area contributed by atoms with Gasteiger partial charge in [-0.25, -0.2) is 0 Å². The summed E-state index contributed by atoms with van der Waals surface area (Å²) in [5, 5.41) is 3.46. The van der Waals surface area contributed by atoms with E-state index in [0.717, 1.165) is 21.2 Å². The SMILES string of the molecule is Cc1cc(NCc2ccc(Br)c(Br)c2)cc(C)c1Br. The van der Waals surface area contributed by atoms with Crippen LogP contribution in [0.2, 0.25) is 0 Å². The molecule has 100 valence electrons. The molecular weight excluding hydrogens is 434 g/mol. The number of halogens is 3. The minimum Gasteiger partial charge on any atom is -0.381 e. The Bertz CT molecular complexity index is 585. The Balaban J connectivity index is 2.12. The Labute approximate surface area is 139 Å². The van der Waals surface area contributed by atoms with Crippen LogP contribution in [0.25, 0.3) is 0 Å². The first-order valence-electron chi connectivity index (χ1n) is 5.92. The third-order valence-electron chi connectivity index (χ3n) is 2.92. The summed E-state index contributed by atoms with van der Waals surface area (Å²) in [5.74, 6) is 0. The Morgan fingerprint density at radius 2 is 1.53 bits per heavy atom. The summed E-state index contributed by atoms with van der Waals surface area (Å²) in [4.78, 5) is 0. The van der Waals surface area contributed by atoms with Crippen LogP contribution in [-0.2, 0) is 6.54 Å². The smallest absolute Gasteiger partial charge is 0.0401 e. The molecule has 0 amide bonds. The van der Waals surface area contributed by atoms with Crippen LogP contribution >= 0.6 is 47.8 Å². The summed E-state index contributed by atoms with van der Waals surface area (Å²) >= 11 is 10.6. The van der Waals surface area contributed by atoms with E-state index in [1.807, 2.05) is 0 Å². The van der Waals surface area contributed by atoms with E-state index in [0.29, 0.717) is 0 Å². The normalized spacial score (nSPS) is 10.6. The Kier molecular flexibility index (Phi) is 5.09. The molecule has 1 nitrogen and oxygen atoms in total. The Hall–Kier alpha value is -0.320. The molecule has 0 saturated heterocycles. The number of anilines is 1. The lowest BCUT2D eigenvalue weighted by molar-refractivity contribution is 1.14. The Morgan fingerprint density at radius 3 is 2.11 bits per heavy atom. The number of aryl methyl sites for hydroxylation is 2. The van der Waals surface area contributed by atoms with Crippen LogP contribution in [-0.4, -0.2) is 0 Å². The van der Waals surface area contributed by atoms with Crippen molar-refractivity contribution >= 4 is 53.5 Å². The van der Waals surface area contributed by atoms with Crippen LogP contribution in [0.5, 0.6) is 0 Å². The highest BCUT2D eigenvalue weighted by Crippen LogP contribution is 2.26. The van der Waals surface area contributed by atoms with Gasteiger partial charge in [0.15, 0.2) is 0 Å². The lowest BCUT2D eigenvalue weighted by atomic mass is 10.1. The van der Waals surface area contributed by atoms with Crippen molar-refractivity contribution in [1.29, 1.82) is 0 Å². The van der Waals surface area contributed by atoms with E-state index < -0.39 is 0 Å². The highest BCUT2D eigenvalue weighted by atomic mass is 79.9. The maximum atomic E-state index is 3.59. The average molecular weight is 448 g/mol. The molecule has 0 saturated carbocycles. The van der Waals surface area contributed by atoms with Crippen molar-refractivity contribution in [3.05, 3.63) is 60.4 Å². The summed E-state index contributed by atoms with van der Waals surface area (Å²) in [6.07, 6.45) is 0. The molecule has 4 heteroatoms. The first-order valence-corrected chi connectivity index (χ1v) is 8.30. The molecule has 0 radical (unpaired) electrons. The van der Waals surface area contributed by atoms with Gasteiger partial charge in [0.25, 0.3) is 0 Å². The molecule has 0 bridgehead atoms. The fourth-order valence-corrected chi connectivity index (χ4v) is 2.80. The van der Waals surface area contributed by atoms with E-state index in [-0.39, 0.29) is 0 Å². The second kappa shape index (κ2) is 6.42. The van der Waals surface area contributed by atoms with Gasteiger partial charge in [-0.15, -0.1) is 0 Å². The predicted molar refractivity (Wildman–Crippen MR) is 92.8 cm³/mol. The maximum absolute atomic E-state index is 3.59. The molecule has 0 aliphatic heterocycles. The zero-order chi connectivity index (χ0) is 14.0. The summed E-state index contributed by atoms with van der Waals surface area (Å²) in [6, 6.07) is 10.6. The standard InChI is InChI=1S/C15H14Br3N/c1-9-5-12(6-10(2)15(9)18)19-8-11-3-4-13(16)14(17)7-11/h3-7,19H,8H2,1-2H3. The molecule has 0 unspecified atom stereocenters. The molecule has 0 aliphatic rings. The van der Waals surface area contributed by atoms with Gasteiger partial charge in [0, 0.05) is 25.7 Å². The first-order chi connectivity index (χ1) is 8.97. The van der Waals surface area contributed by atoms with Crippen molar-refractivity contribution in [2.24, 2.45) is 0 Å². The summed E-state index contributed by atoms with van der Waals surface area (Å²) in [7, 11) is 0. The Morgan fingerprint density at radius 1 is 0.895 bits per heavy atom. The molecule has 2 aromatic rings. The minimum absolute atomic E-state index is 0.812. The maximum Gasteiger partial charge on any atom is 0.0401 e. The molecule has 2 aromatic carbocycles. The van der Waals surface area contributed by atoms with Gasteiger partial charge >= 0.3 is 0 Å². The molecule has 2 rings (SSSR count). The van der Waals surface area contributed by atoms with Crippen molar-refractivity contribution in [3.63, 3.8) is 0 Å². The minimum atomic E-state index is 0.812. The first kappa shape index (κ1) is 15.1. The van der Waals surface area contributed by atoms with Crippen LogP contribution < -0.4 is 5.32 Å². The van der Waals surface area contributed by atoms with E-state index in [1.165, 1.54) is 21.2 Å². The zero-order valence-corrected chi connectivity index (χ0v) is 15.5. The van der Waals surface area contributed by atoms with Gasteiger partial charge in [0.2, 0.25) is 0 Å². The lowest BCUT2D eigenvalue weighted by Crippen LogP contribution is -2.00. The molecule has 19 heavy (non-hydrogen) atoms. The molecule has 0 heterocycles. The highest BCUT2D eigenvalue weighted by Gasteiger charge is 2.03. The van der Waals surface area contributed by atoms with Gasteiger partial charge in [-0.05, 0) is 86.7 Å². The molecular formula is C15H14Br3N. The summed E-state index contributed by atoms with van der Waals surface area (Å²) < 4.78 is 3.34. The van der Waals surface area contributed by atoms with Gasteiger partial charge in [0.05, 0.1) is 0 Å². The number of nitrogens with one attached hydrogen (secondary N) is 1. The van der Waals surface area contributed by atoms with Crippen molar-refractivity contribution in [1.82, 2.24) is 0 Å². The third-order valence-corrected chi connectivity index (χ3v) is 6.05. The van der Waals surface area contributed by atoms with Gasteiger partial charge in [-0.2, -0.15) is 0 Å². The molecule has 1 N–H and O–H groups in total. The summed E-state index contributed by atoms with van der Waals surface area (Å²) in [6.45, 7) is 5.03. The molecule has 0 atom stereocenters. The topological polar surface area (TPSA) is 12.0 Å². The van der Waals surface area contributed by atoms with E-state index in [2.05, 4.69) is 97.3 Å². The average Bonchev–Trinajstić information content (AvgIpc) is 2.37. The second-order valence-electron chi connectivity index (χ2n) is 4.53. The van der Waals surface area contributed by atoms with Crippen LogP contribution in [0, 0.1) is 13.8 Å². The fraction of sp³-hybridized carbons (Fsp3) is 0.200. The monoisotopic (exact) mass is 445 g/mol. The van der Waals surface area contributed by atoms with Gasteiger partial charge in [-0.1, -0.05) is 22.0 Å². The van der Waals surface area contributed by atoms with Crippen LogP contribution in [0.3, 0.4) is 0 Å². The van der Waals surface area contributed by atoms with Gasteiger partial charge in [-0.3, -0.25) is 0 Å². The molecule has 0 aromatic heterocycles. The van der Waals surface area contributed by atoms with E-state index >= 15 is 0 Å². The van der Waals surface area contributed by atoms with Crippen molar-refractivity contribution < 1.29 is 0 Å². The number of benzene rings is 2. The second-order valence-corrected chi connectivity index (χ2v) is 7.03. The third kappa shape index (κ3) is 3.83. The van der Waals surface area contributed by atoms with Crippen LogP contribution in [0.1, 0.15) is 16.7 Å². The van der Waals surface area contributed by atoms with E-state index in [1.54, 1.807) is 0 Å². The predicted octanol–water partition coefficient (Wildman–Crippen LogP) is 6.20. The van der Waals surface area contributed by atoms with Gasteiger partial charge in [0.1, 0.15) is 0 Å². The van der Waals surface area contributed by atoms with E-state index in [9.17, 15) is 0 Å². The van der Waals surface area contributed by atoms with Crippen molar-refractivity contribution in [2.45, 2.75) is 20.4 Å². The summed E-state index contributed by atoms with van der Waals surface area (Å²) in [5.41, 5.74) is 4.89. The van der Waals surface area contributed by atoms with Crippen molar-refractivity contribution in [3.8, 4) is 0 Å². The zero-order valence-electron chi connectivity index (χ0n) is 10.7. The van der Waals surface area contributed by atoms with Crippen LogP contribution in [0.4, 0.5) is 5.69 Å². The van der Waals surface area contributed by atoms with Crippen molar-refractivity contribution in [2.75, 3.05) is 5.32 Å². The largest absolute Gasteiger partial charge is 0.381 e. The fourth-order valence-electron chi connectivity index (χ4n) is 1.90. The van der Waals surface area contributed by atoms with Gasteiger partial charge < -0.3 is 5.32 Å². The number of hydrogen-bond donors (Lipinski definition) is 1. The van der Waals surface area contributed by atoms with E-state index in [4.69, 9.17) is 0 Å². The van der Waals surface area contributed by atoms with Crippen LogP contribution in [0.15, 0.2) is 43.7 Å².